The number of benzene rings is 1. The molecule has 0 saturated carbocycles. The maximum absolute atomic E-state index is 11.9. The van der Waals surface area contributed by atoms with Gasteiger partial charge in [-0.25, -0.2) is 0 Å². The number of carbonyl (C=O) groups excluding carboxylic acids is 1. The molecule has 0 spiro atoms. The van der Waals surface area contributed by atoms with Gasteiger partial charge in [-0.2, -0.15) is 0 Å². The molecule has 0 aromatic heterocycles. The summed E-state index contributed by atoms with van der Waals surface area (Å²) in [6.45, 7) is 4.02. The molecule has 1 aromatic carbocycles. The van der Waals surface area contributed by atoms with E-state index in [4.69, 9.17) is 10.5 Å². The van der Waals surface area contributed by atoms with E-state index in [9.17, 15) is 4.79 Å². The number of amides is 1. The van der Waals surface area contributed by atoms with Crippen LogP contribution in [-0.2, 0) is 4.79 Å². The molecule has 2 rings (SSSR count). The quantitative estimate of drug-likeness (QED) is 0.838. The first kappa shape index (κ1) is 13.6. The Balaban J connectivity index is 1.92. The Hall–Kier alpha value is -1.81. The number of nitrogens with zero attached hydrogens (tertiary/aromatic N) is 1. The van der Waals surface area contributed by atoms with Crippen molar-refractivity contribution in [3.63, 3.8) is 0 Å². The van der Waals surface area contributed by atoms with E-state index >= 15 is 0 Å². The van der Waals surface area contributed by atoms with Crippen LogP contribution < -0.4 is 10.5 Å². The Morgan fingerprint density at radius 3 is 2.79 bits per heavy atom. The average Bonchev–Trinajstić information content (AvgIpc) is 2.85. The van der Waals surface area contributed by atoms with E-state index in [1.807, 2.05) is 37.3 Å². The number of likely N-dealkylation sites (tertiary alicyclic amines) is 1. The second-order valence-corrected chi connectivity index (χ2v) is 4.67. The van der Waals surface area contributed by atoms with Crippen LogP contribution in [0.15, 0.2) is 30.3 Å². The molecule has 1 aliphatic heterocycles. The minimum absolute atomic E-state index is 0.0295. The Morgan fingerprint density at radius 1 is 1.47 bits per heavy atom. The molecule has 4 nitrogen and oxygen atoms in total. The molecule has 1 fully saturated rings. The minimum Gasteiger partial charge on any atom is -0.494 e. The van der Waals surface area contributed by atoms with Gasteiger partial charge < -0.3 is 15.4 Å². The Morgan fingerprint density at radius 2 is 2.21 bits per heavy atom. The van der Waals surface area contributed by atoms with Gasteiger partial charge >= 0.3 is 0 Å². The second kappa shape index (κ2) is 6.38. The first-order valence-corrected chi connectivity index (χ1v) is 6.64. The fourth-order valence-electron chi connectivity index (χ4n) is 2.10. The molecule has 1 aliphatic rings. The zero-order chi connectivity index (χ0) is 13.7. The van der Waals surface area contributed by atoms with Crippen molar-refractivity contribution < 1.29 is 9.53 Å². The predicted octanol–water partition coefficient (Wildman–Crippen LogP) is 1.66. The molecule has 1 saturated heterocycles. The summed E-state index contributed by atoms with van der Waals surface area (Å²) in [4.78, 5) is 13.7. The van der Waals surface area contributed by atoms with Gasteiger partial charge in [0.05, 0.1) is 6.61 Å². The van der Waals surface area contributed by atoms with Crippen LogP contribution in [0.1, 0.15) is 18.9 Å². The van der Waals surface area contributed by atoms with Crippen molar-refractivity contribution in [1.29, 1.82) is 0 Å². The largest absolute Gasteiger partial charge is 0.494 e. The molecule has 1 amide bonds. The van der Waals surface area contributed by atoms with Crippen molar-refractivity contribution in [2.24, 2.45) is 5.73 Å². The lowest BCUT2D eigenvalue weighted by Crippen LogP contribution is -2.30. The highest BCUT2D eigenvalue weighted by atomic mass is 16.5. The van der Waals surface area contributed by atoms with E-state index in [2.05, 4.69) is 0 Å². The monoisotopic (exact) mass is 260 g/mol. The molecule has 0 unspecified atom stereocenters. The van der Waals surface area contributed by atoms with Crippen molar-refractivity contribution in [1.82, 2.24) is 4.90 Å². The highest BCUT2D eigenvalue weighted by Crippen LogP contribution is 2.14. The first-order valence-electron chi connectivity index (χ1n) is 6.64. The zero-order valence-electron chi connectivity index (χ0n) is 11.2. The van der Waals surface area contributed by atoms with Gasteiger partial charge in [0, 0.05) is 25.2 Å². The lowest BCUT2D eigenvalue weighted by atomic mass is 10.2. The highest BCUT2D eigenvalue weighted by molar-refractivity contribution is 5.92. The van der Waals surface area contributed by atoms with E-state index in [0.29, 0.717) is 13.2 Å². The third-order valence-electron chi connectivity index (χ3n) is 3.15. The van der Waals surface area contributed by atoms with Gasteiger partial charge in [0.1, 0.15) is 5.75 Å². The van der Waals surface area contributed by atoms with Crippen LogP contribution in [0.25, 0.3) is 6.08 Å². The van der Waals surface area contributed by atoms with Gasteiger partial charge in [-0.15, -0.1) is 0 Å². The summed E-state index contributed by atoms with van der Waals surface area (Å²) in [7, 11) is 0. The van der Waals surface area contributed by atoms with Crippen LogP contribution in [0.3, 0.4) is 0 Å². The van der Waals surface area contributed by atoms with Gasteiger partial charge in [0.25, 0.3) is 0 Å². The SMILES string of the molecule is CCOc1ccc(C=CC(=O)N2CC[C@H](N)C2)cc1. The van der Waals surface area contributed by atoms with Crippen molar-refractivity contribution >= 4 is 12.0 Å². The molecule has 4 heteroatoms. The molecule has 2 N–H and O–H groups in total. The lowest BCUT2D eigenvalue weighted by molar-refractivity contribution is -0.124. The summed E-state index contributed by atoms with van der Waals surface area (Å²) in [6.07, 6.45) is 4.32. The standard InChI is InChI=1S/C15H20N2O2/c1-2-19-14-6-3-12(4-7-14)5-8-15(18)17-10-9-13(16)11-17/h3-8,13H,2,9-11,16H2,1H3/t13-/m0/s1. The number of rotatable bonds is 4. The Labute approximate surface area is 113 Å². The van der Waals surface area contributed by atoms with E-state index in [0.717, 1.165) is 24.3 Å². The Bertz CT molecular complexity index is 454. The van der Waals surface area contributed by atoms with E-state index in [-0.39, 0.29) is 11.9 Å². The molecule has 102 valence electrons. The maximum atomic E-state index is 11.9. The highest BCUT2D eigenvalue weighted by Gasteiger charge is 2.21. The summed E-state index contributed by atoms with van der Waals surface area (Å²) < 4.78 is 5.37. The summed E-state index contributed by atoms with van der Waals surface area (Å²) >= 11 is 0. The molecular weight excluding hydrogens is 240 g/mol. The van der Waals surface area contributed by atoms with E-state index < -0.39 is 0 Å². The van der Waals surface area contributed by atoms with Crippen molar-refractivity contribution in [2.45, 2.75) is 19.4 Å². The molecule has 0 radical (unpaired) electrons. The summed E-state index contributed by atoms with van der Waals surface area (Å²) in [5, 5.41) is 0. The van der Waals surface area contributed by atoms with Gasteiger partial charge in [0.2, 0.25) is 5.91 Å². The molecule has 1 atom stereocenters. The molecule has 1 aromatic rings. The number of nitrogens with two attached hydrogens (primary N) is 1. The minimum atomic E-state index is 0.0295. The molecular formula is C15H20N2O2. The van der Waals surface area contributed by atoms with Crippen LogP contribution in [0, 0.1) is 0 Å². The van der Waals surface area contributed by atoms with E-state index in [1.54, 1.807) is 11.0 Å². The van der Waals surface area contributed by atoms with Crippen LogP contribution in [0.2, 0.25) is 0 Å². The summed E-state index contributed by atoms with van der Waals surface area (Å²) in [6, 6.07) is 7.80. The molecule has 1 heterocycles. The predicted molar refractivity (Wildman–Crippen MR) is 75.8 cm³/mol. The van der Waals surface area contributed by atoms with Crippen molar-refractivity contribution in [3.05, 3.63) is 35.9 Å². The van der Waals surface area contributed by atoms with Crippen molar-refractivity contribution in [3.8, 4) is 5.75 Å². The van der Waals surface area contributed by atoms with Crippen LogP contribution >= 0.6 is 0 Å². The van der Waals surface area contributed by atoms with Gasteiger partial charge in [0.15, 0.2) is 0 Å². The fourth-order valence-corrected chi connectivity index (χ4v) is 2.10. The molecule has 0 aliphatic carbocycles. The van der Waals surface area contributed by atoms with E-state index in [1.165, 1.54) is 0 Å². The van der Waals surface area contributed by atoms with Gasteiger partial charge in [-0.1, -0.05) is 12.1 Å². The number of hydrogen-bond acceptors (Lipinski definition) is 3. The number of hydrogen-bond donors (Lipinski definition) is 1. The summed E-state index contributed by atoms with van der Waals surface area (Å²) in [5.74, 6) is 0.873. The third kappa shape index (κ3) is 3.83. The summed E-state index contributed by atoms with van der Waals surface area (Å²) in [5.41, 5.74) is 6.77. The average molecular weight is 260 g/mol. The smallest absolute Gasteiger partial charge is 0.246 e. The topological polar surface area (TPSA) is 55.6 Å². The second-order valence-electron chi connectivity index (χ2n) is 4.67. The van der Waals surface area contributed by atoms with Gasteiger partial charge in [-0.05, 0) is 37.1 Å². The fraction of sp³-hybridized carbons (Fsp3) is 0.400. The number of carbonyl (C=O) groups is 1. The van der Waals surface area contributed by atoms with Crippen LogP contribution in [-0.4, -0.2) is 36.5 Å². The molecule has 0 bridgehead atoms. The first-order chi connectivity index (χ1) is 9.19. The molecule has 19 heavy (non-hydrogen) atoms. The zero-order valence-corrected chi connectivity index (χ0v) is 11.2. The normalized spacial score (nSPS) is 19.1. The van der Waals surface area contributed by atoms with Crippen LogP contribution in [0.4, 0.5) is 0 Å². The lowest BCUT2D eigenvalue weighted by Gasteiger charge is -2.12. The number of ether oxygens (including phenoxy) is 1. The van der Waals surface area contributed by atoms with Crippen LogP contribution in [0.5, 0.6) is 5.75 Å². The Kier molecular flexibility index (Phi) is 4.58. The van der Waals surface area contributed by atoms with Gasteiger partial charge in [-0.3, -0.25) is 4.79 Å². The third-order valence-corrected chi connectivity index (χ3v) is 3.15. The maximum Gasteiger partial charge on any atom is 0.246 e. The van der Waals surface area contributed by atoms with Crippen molar-refractivity contribution in [2.75, 3.05) is 19.7 Å².